The van der Waals surface area contributed by atoms with E-state index in [9.17, 15) is 5.11 Å². The van der Waals surface area contributed by atoms with Gasteiger partial charge in [-0.15, -0.1) is 10.2 Å². The van der Waals surface area contributed by atoms with Crippen LogP contribution in [0, 0.1) is 11.3 Å². The summed E-state index contributed by atoms with van der Waals surface area (Å²) in [6.07, 6.45) is 7.60. The van der Waals surface area contributed by atoms with Crippen LogP contribution in [0.1, 0.15) is 44.9 Å². The summed E-state index contributed by atoms with van der Waals surface area (Å²) in [5.41, 5.74) is 1.26. The van der Waals surface area contributed by atoms with Gasteiger partial charge in [0.1, 0.15) is 11.8 Å². The van der Waals surface area contributed by atoms with Gasteiger partial charge in [0.15, 0.2) is 17.5 Å². The number of anilines is 1. The second kappa shape index (κ2) is 8.08. The maximum absolute atomic E-state index is 10.6. The number of piperidine rings is 2. The minimum atomic E-state index is 0.000435. The molecule has 2 fully saturated rings. The van der Waals surface area contributed by atoms with Crippen molar-refractivity contribution in [2.24, 2.45) is 7.05 Å². The lowest BCUT2D eigenvalue weighted by Gasteiger charge is -2.49. The molecule has 0 spiro atoms. The standard InChI is InChI=1S/C23H27N9O/c1-23-8-4-5-15(27-23)10-16(11-23)31(2)20-13-25-22(29-28-20)17-7-6-14(9-18(17)33)21-26-19(12-24)32(3)30-21/h6-7,9,13,15-16,27,33H,4-5,8,10-11H2,1-3H3/t15-,16-,23+/m1/s1. The molecule has 2 aliphatic heterocycles. The van der Waals surface area contributed by atoms with Crippen molar-refractivity contribution in [3.8, 4) is 34.6 Å². The Bertz CT molecular complexity index is 1220. The number of aromatic hydroxyl groups is 1. The highest BCUT2D eigenvalue weighted by Gasteiger charge is 2.40. The molecule has 2 bridgehead atoms. The molecule has 2 N–H and O–H groups in total. The molecule has 2 saturated heterocycles. The predicted molar refractivity (Wildman–Crippen MR) is 122 cm³/mol. The first kappa shape index (κ1) is 21.3. The second-order valence-corrected chi connectivity index (χ2v) is 9.37. The zero-order chi connectivity index (χ0) is 23.2. The molecule has 4 heterocycles. The van der Waals surface area contributed by atoms with E-state index in [4.69, 9.17) is 5.26 Å². The second-order valence-electron chi connectivity index (χ2n) is 9.37. The summed E-state index contributed by atoms with van der Waals surface area (Å²) in [6, 6.07) is 7.95. The summed E-state index contributed by atoms with van der Waals surface area (Å²) in [6.45, 7) is 2.32. The number of hydrogen-bond acceptors (Lipinski definition) is 9. The van der Waals surface area contributed by atoms with Crippen molar-refractivity contribution in [3.05, 3.63) is 30.2 Å². The number of benzene rings is 1. The van der Waals surface area contributed by atoms with E-state index in [1.807, 2.05) is 6.07 Å². The molecule has 1 aromatic carbocycles. The molecule has 0 saturated carbocycles. The Labute approximate surface area is 192 Å². The molecule has 2 aromatic heterocycles. The van der Waals surface area contributed by atoms with Gasteiger partial charge in [-0.25, -0.2) is 9.67 Å². The third-order valence-electron chi connectivity index (χ3n) is 6.89. The fourth-order valence-electron chi connectivity index (χ4n) is 5.15. The van der Waals surface area contributed by atoms with Gasteiger partial charge in [-0.05, 0) is 44.7 Å². The summed E-state index contributed by atoms with van der Waals surface area (Å²) < 4.78 is 1.40. The molecular formula is C23H27N9O. The average molecular weight is 446 g/mol. The van der Waals surface area contributed by atoms with Crippen LogP contribution in [0.2, 0.25) is 0 Å². The van der Waals surface area contributed by atoms with Crippen LogP contribution in [0.25, 0.3) is 22.8 Å². The zero-order valence-corrected chi connectivity index (χ0v) is 19.0. The number of fused-ring (bicyclic) bond motifs is 2. The van der Waals surface area contributed by atoms with E-state index >= 15 is 0 Å². The largest absolute Gasteiger partial charge is 0.507 e. The van der Waals surface area contributed by atoms with Crippen LogP contribution in [-0.4, -0.2) is 59.7 Å². The molecule has 0 unspecified atom stereocenters. The molecule has 5 rings (SSSR count). The van der Waals surface area contributed by atoms with Crippen LogP contribution < -0.4 is 10.2 Å². The fraction of sp³-hybridized carbons (Fsp3) is 0.478. The van der Waals surface area contributed by atoms with Gasteiger partial charge in [-0.3, -0.25) is 0 Å². The topological polar surface area (TPSA) is 129 Å². The summed E-state index contributed by atoms with van der Waals surface area (Å²) >= 11 is 0. The number of hydrogen-bond donors (Lipinski definition) is 2. The van der Waals surface area contributed by atoms with Gasteiger partial charge in [0.25, 0.3) is 0 Å². The summed E-state index contributed by atoms with van der Waals surface area (Å²) in [4.78, 5) is 10.8. The molecule has 0 aliphatic carbocycles. The van der Waals surface area contributed by atoms with Crippen molar-refractivity contribution < 1.29 is 5.11 Å². The number of nitrogens with one attached hydrogen (secondary N) is 1. The van der Waals surface area contributed by atoms with Gasteiger partial charge in [-0.1, -0.05) is 12.5 Å². The molecule has 33 heavy (non-hydrogen) atoms. The number of phenolic OH excluding ortho intramolecular Hbond substituents is 1. The molecule has 2 aliphatic rings. The third-order valence-corrected chi connectivity index (χ3v) is 6.89. The number of phenols is 1. The molecule has 3 aromatic rings. The molecule has 3 atom stereocenters. The first-order valence-electron chi connectivity index (χ1n) is 11.2. The highest BCUT2D eigenvalue weighted by atomic mass is 16.3. The number of aryl methyl sites for hydroxylation is 1. The molecule has 10 nitrogen and oxygen atoms in total. The van der Waals surface area contributed by atoms with E-state index in [1.54, 1.807) is 31.4 Å². The van der Waals surface area contributed by atoms with Gasteiger partial charge < -0.3 is 15.3 Å². The average Bonchev–Trinajstić information content (AvgIpc) is 3.18. The quantitative estimate of drug-likeness (QED) is 0.622. The Morgan fingerprint density at radius 3 is 2.82 bits per heavy atom. The maximum atomic E-state index is 10.6. The Kier molecular flexibility index (Phi) is 5.21. The van der Waals surface area contributed by atoms with E-state index in [0.717, 1.165) is 18.7 Å². The smallest absolute Gasteiger partial charge is 0.231 e. The third kappa shape index (κ3) is 4.00. The molecule has 10 heteroatoms. The van der Waals surface area contributed by atoms with Crippen LogP contribution in [-0.2, 0) is 7.05 Å². The van der Waals surface area contributed by atoms with Gasteiger partial charge in [0.05, 0.1) is 11.8 Å². The lowest BCUT2D eigenvalue weighted by atomic mass is 9.75. The normalized spacial score (nSPS) is 24.3. The van der Waals surface area contributed by atoms with E-state index in [2.05, 4.69) is 49.5 Å². The van der Waals surface area contributed by atoms with Crippen molar-refractivity contribution in [2.45, 2.75) is 56.7 Å². The molecule has 0 radical (unpaired) electrons. The lowest BCUT2D eigenvalue weighted by molar-refractivity contribution is 0.140. The van der Waals surface area contributed by atoms with Crippen LogP contribution in [0.3, 0.4) is 0 Å². The van der Waals surface area contributed by atoms with Gasteiger partial charge >= 0.3 is 0 Å². The first-order chi connectivity index (χ1) is 15.8. The highest BCUT2D eigenvalue weighted by Crippen LogP contribution is 2.36. The van der Waals surface area contributed by atoms with Crippen molar-refractivity contribution >= 4 is 5.82 Å². The van der Waals surface area contributed by atoms with Gasteiger partial charge in [-0.2, -0.15) is 15.3 Å². The monoisotopic (exact) mass is 445 g/mol. The van der Waals surface area contributed by atoms with E-state index in [1.165, 1.54) is 23.9 Å². The minimum absolute atomic E-state index is 0.000435. The van der Waals surface area contributed by atoms with Gasteiger partial charge in [0, 0.05) is 37.3 Å². The summed E-state index contributed by atoms with van der Waals surface area (Å²) in [5, 5.41) is 36.4. The SMILES string of the molecule is CN(c1cnc(-c2ccc(-c3nc(C#N)n(C)n3)cc2O)nn1)[C@@H]1C[C@H]2CCC[C@@](C)(C1)N2. The van der Waals surface area contributed by atoms with Crippen molar-refractivity contribution in [1.82, 2.24) is 35.3 Å². The van der Waals surface area contributed by atoms with Crippen LogP contribution in [0.4, 0.5) is 5.82 Å². The van der Waals surface area contributed by atoms with Crippen LogP contribution >= 0.6 is 0 Å². The first-order valence-corrected chi connectivity index (χ1v) is 11.2. The number of nitriles is 1. The van der Waals surface area contributed by atoms with E-state index in [0.29, 0.717) is 34.9 Å². The Morgan fingerprint density at radius 1 is 1.30 bits per heavy atom. The Balaban J connectivity index is 1.34. The minimum Gasteiger partial charge on any atom is -0.507 e. The van der Waals surface area contributed by atoms with E-state index in [-0.39, 0.29) is 17.1 Å². The highest BCUT2D eigenvalue weighted by molar-refractivity contribution is 5.70. The van der Waals surface area contributed by atoms with Crippen molar-refractivity contribution in [3.63, 3.8) is 0 Å². The van der Waals surface area contributed by atoms with E-state index < -0.39 is 0 Å². The number of aromatic nitrogens is 6. The Hall–Kier alpha value is -3.58. The molecule has 0 amide bonds. The van der Waals surface area contributed by atoms with Gasteiger partial charge in [0.2, 0.25) is 5.82 Å². The molecular weight excluding hydrogens is 418 g/mol. The Morgan fingerprint density at radius 2 is 2.15 bits per heavy atom. The van der Waals surface area contributed by atoms with Crippen molar-refractivity contribution in [1.29, 1.82) is 5.26 Å². The van der Waals surface area contributed by atoms with Crippen LogP contribution in [0.15, 0.2) is 24.4 Å². The number of nitrogens with zero attached hydrogens (tertiary/aromatic N) is 8. The summed E-state index contributed by atoms with van der Waals surface area (Å²) in [5.74, 6) is 1.64. The summed E-state index contributed by atoms with van der Waals surface area (Å²) in [7, 11) is 3.71. The van der Waals surface area contributed by atoms with Crippen LogP contribution in [0.5, 0.6) is 5.75 Å². The van der Waals surface area contributed by atoms with Crippen molar-refractivity contribution in [2.75, 3.05) is 11.9 Å². The maximum Gasteiger partial charge on any atom is 0.231 e. The fourth-order valence-corrected chi connectivity index (χ4v) is 5.15. The molecule has 170 valence electrons. The number of rotatable bonds is 4. The lowest BCUT2D eigenvalue weighted by Crippen LogP contribution is -2.61. The predicted octanol–water partition coefficient (Wildman–Crippen LogP) is 2.41. The zero-order valence-electron chi connectivity index (χ0n) is 19.0.